The molecule has 4 nitrogen and oxygen atoms in total. The van der Waals surface area contributed by atoms with Crippen molar-refractivity contribution in [1.29, 1.82) is 0 Å². The summed E-state index contributed by atoms with van der Waals surface area (Å²) in [5.74, 6) is 0.927. The first-order chi connectivity index (χ1) is 19.1. The molecule has 4 rings (SSSR count). The second-order valence-electron chi connectivity index (χ2n) is 16.1. The number of phenols is 2. The molecule has 43 heavy (non-hydrogen) atoms. The molecule has 0 atom stereocenters. The molecule has 242 valence electrons. The van der Waals surface area contributed by atoms with Crippen LogP contribution in [-0.2, 0) is 31.1 Å². The van der Waals surface area contributed by atoms with Crippen molar-refractivity contribution in [3.05, 3.63) is 57.6 Å². The van der Waals surface area contributed by atoms with Crippen molar-refractivity contribution in [2.75, 3.05) is 26.4 Å². The molecular formula is C38H64MgO4. The SMILES string of the molecule is C1CCOC1.C1CCOC1.Cc1cc(C(C)(C)C)c(O)c(C(C)(C)C)c1.Cc1cc(C(C)(C)C)c(O)c(C(C)(C)C)c1.[Mg]. The highest BCUT2D eigenvalue weighted by molar-refractivity contribution is 5.75. The van der Waals surface area contributed by atoms with Crippen LogP contribution in [0.4, 0.5) is 0 Å². The Morgan fingerprint density at radius 2 is 0.628 bits per heavy atom. The van der Waals surface area contributed by atoms with Crippen LogP contribution >= 0.6 is 0 Å². The summed E-state index contributed by atoms with van der Waals surface area (Å²) in [6, 6.07) is 8.35. The first-order valence-electron chi connectivity index (χ1n) is 15.9. The van der Waals surface area contributed by atoms with Crippen molar-refractivity contribution in [2.45, 2.75) is 144 Å². The zero-order valence-corrected chi connectivity index (χ0v) is 31.8. The minimum absolute atomic E-state index is 0. The third-order valence-corrected chi connectivity index (χ3v) is 7.40. The Morgan fingerprint density at radius 3 is 0.744 bits per heavy atom. The van der Waals surface area contributed by atoms with Crippen LogP contribution in [0.25, 0.3) is 0 Å². The lowest BCUT2D eigenvalue weighted by Crippen LogP contribution is -2.17. The molecule has 0 bridgehead atoms. The predicted octanol–water partition coefficient (Wildman–Crippen LogP) is 9.80. The maximum Gasteiger partial charge on any atom is 0.123 e. The van der Waals surface area contributed by atoms with Crippen LogP contribution in [0.3, 0.4) is 0 Å². The van der Waals surface area contributed by atoms with Crippen molar-refractivity contribution in [3.8, 4) is 11.5 Å². The van der Waals surface area contributed by atoms with Gasteiger partial charge in [-0.25, -0.2) is 0 Å². The Hall–Kier alpha value is -1.27. The number of hydrogen-bond acceptors (Lipinski definition) is 4. The smallest absolute Gasteiger partial charge is 0.123 e. The van der Waals surface area contributed by atoms with E-state index >= 15 is 0 Å². The quantitative estimate of drug-likeness (QED) is 0.292. The molecule has 2 radical (unpaired) electrons. The highest BCUT2D eigenvalue weighted by Gasteiger charge is 2.27. The maximum atomic E-state index is 10.4. The van der Waals surface area contributed by atoms with E-state index < -0.39 is 0 Å². The van der Waals surface area contributed by atoms with Crippen LogP contribution in [0.2, 0.25) is 0 Å². The van der Waals surface area contributed by atoms with Crippen LogP contribution in [0, 0.1) is 13.8 Å². The summed E-state index contributed by atoms with van der Waals surface area (Å²) in [4.78, 5) is 0. The van der Waals surface area contributed by atoms with Crippen molar-refractivity contribution >= 4 is 23.1 Å². The zero-order valence-electron chi connectivity index (χ0n) is 30.4. The van der Waals surface area contributed by atoms with Gasteiger partial charge in [-0.2, -0.15) is 0 Å². The topological polar surface area (TPSA) is 58.9 Å². The van der Waals surface area contributed by atoms with Crippen molar-refractivity contribution < 1.29 is 19.7 Å². The van der Waals surface area contributed by atoms with Crippen molar-refractivity contribution in [2.24, 2.45) is 0 Å². The standard InChI is InChI=1S/2C15H24O.2C4H8O.Mg/c2*1-10-8-11(14(2,3)4)13(16)12(9-10)15(5,6)7;2*1-2-4-5-3-1;/h2*8-9,16H,1-7H3;2*1-4H2;. The van der Waals surface area contributed by atoms with E-state index in [1.54, 1.807) is 0 Å². The van der Waals surface area contributed by atoms with Crippen LogP contribution < -0.4 is 0 Å². The summed E-state index contributed by atoms with van der Waals surface area (Å²) in [5.41, 5.74) is 6.52. The van der Waals surface area contributed by atoms with Gasteiger partial charge in [0.25, 0.3) is 0 Å². The van der Waals surface area contributed by atoms with Crippen molar-refractivity contribution in [1.82, 2.24) is 0 Å². The van der Waals surface area contributed by atoms with E-state index in [9.17, 15) is 10.2 Å². The third-order valence-electron chi connectivity index (χ3n) is 7.40. The Bertz CT molecular complexity index is 926. The zero-order chi connectivity index (χ0) is 32.5. The summed E-state index contributed by atoms with van der Waals surface area (Å²) in [6.07, 6.45) is 5.11. The molecule has 2 fully saturated rings. The van der Waals surface area contributed by atoms with Gasteiger partial charge in [-0.3, -0.25) is 0 Å². The molecule has 2 aliphatic heterocycles. The second-order valence-corrected chi connectivity index (χ2v) is 16.1. The molecule has 0 aromatic heterocycles. The van der Waals surface area contributed by atoms with Crippen LogP contribution in [-0.4, -0.2) is 59.7 Å². The molecule has 0 unspecified atom stereocenters. The molecule has 0 amide bonds. The van der Waals surface area contributed by atoms with Gasteiger partial charge in [0, 0.05) is 49.5 Å². The summed E-state index contributed by atoms with van der Waals surface area (Å²) >= 11 is 0. The first-order valence-corrected chi connectivity index (χ1v) is 15.9. The summed E-state index contributed by atoms with van der Waals surface area (Å²) in [7, 11) is 0. The van der Waals surface area contributed by atoms with Gasteiger partial charge in [0.2, 0.25) is 0 Å². The van der Waals surface area contributed by atoms with Crippen LogP contribution in [0.5, 0.6) is 11.5 Å². The Labute approximate surface area is 281 Å². The van der Waals surface area contributed by atoms with Gasteiger partial charge in [0.1, 0.15) is 11.5 Å². The molecule has 0 saturated carbocycles. The van der Waals surface area contributed by atoms with Crippen LogP contribution in [0.1, 0.15) is 142 Å². The molecule has 2 heterocycles. The fraction of sp³-hybridized carbons (Fsp3) is 0.684. The molecule has 5 heteroatoms. The predicted molar refractivity (Wildman–Crippen MR) is 186 cm³/mol. The van der Waals surface area contributed by atoms with Gasteiger partial charge in [0.05, 0.1) is 0 Å². The lowest BCUT2D eigenvalue weighted by atomic mass is 9.78. The minimum Gasteiger partial charge on any atom is -0.507 e. The molecule has 0 aliphatic carbocycles. The summed E-state index contributed by atoms with van der Waals surface area (Å²) in [5, 5.41) is 20.8. The monoisotopic (exact) mass is 608 g/mol. The number of hydrogen-bond donors (Lipinski definition) is 2. The minimum atomic E-state index is -0.0178. The van der Waals surface area contributed by atoms with E-state index in [0.29, 0.717) is 11.5 Å². The molecule has 2 aromatic rings. The molecule has 0 spiro atoms. The highest BCUT2D eigenvalue weighted by Crippen LogP contribution is 2.40. The van der Waals surface area contributed by atoms with E-state index in [1.165, 1.54) is 36.8 Å². The van der Waals surface area contributed by atoms with Gasteiger partial charge in [-0.15, -0.1) is 0 Å². The number of benzene rings is 2. The second kappa shape index (κ2) is 17.4. The van der Waals surface area contributed by atoms with E-state index in [2.05, 4.69) is 121 Å². The number of aryl methyl sites for hydroxylation is 2. The van der Waals surface area contributed by atoms with Gasteiger partial charge < -0.3 is 19.7 Å². The average molecular weight is 609 g/mol. The van der Waals surface area contributed by atoms with E-state index in [0.717, 1.165) is 48.7 Å². The third kappa shape index (κ3) is 14.6. The van der Waals surface area contributed by atoms with E-state index in [1.807, 2.05) is 0 Å². The largest absolute Gasteiger partial charge is 0.507 e. The van der Waals surface area contributed by atoms with Crippen molar-refractivity contribution in [3.63, 3.8) is 0 Å². The molecule has 2 aliphatic rings. The molecule has 2 aromatic carbocycles. The first kappa shape index (κ1) is 41.7. The van der Waals surface area contributed by atoms with Gasteiger partial charge in [-0.05, 0) is 83.4 Å². The number of aromatic hydroxyl groups is 2. The Kier molecular flexibility index (Phi) is 16.9. The van der Waals surface area contributed by atoms with E-state index in [-0.39, 0.29) is 44.7 Å². The summed E-state index contributed by atoms with van der Waals surface area (Å²) in [6.45, 7) is 33.8. The normalized spacial score (nSPS) is 15.2. The molecular weight excluding hydrogens is 545 g/mol. The Morgan fingerprint density at radius 1 is 0.442 bits per heavy atom. The summed E-state index contributed by atoms with van der Waals surface area (Å²) < 4.78 is 9.89. The number of ether oxygens (including phenoxy) is 2. The highest BCUT2D eigenvalue weighted by atomic mass is 24.3. The lowest BCUT2D eigenvalue weighted by molar-refractivity contribution is 0.198. The van der Waals surface area contributed by atoms with Gasteiger partial charge >= 0.3 is 0 Å². The van der Waals surface area contributed by atoms with Gasteiger partial charge in [-0.1, -0.05) is 118 Å². The Balaban J connectivity index is 0.000000608. The number of phenolic OH excluding ortho intramolecular Hbond substituents is 2. The average Bonchev–Trinajstić information content (AvgIpc) is 3.58. The fourth-order valence-corrected chi connectivity index (χ4v) is 4.87. The maximum absolute atomic E-state index is 10.4. The van der Waals surface area contributed by atoms with Gasteiger partial charge in [0.15, 0.2) is 0 Å². The number of rotatable bonds is 0. The molecule has 2 N–H and O–H groups in total. The van der Waals surface area contributed by atoms with E-state index in [4.69, 9.17) is 9.47 Å². The molecule has 2 saturated heterocycles. The fourth-order valence-electron chi connectivity index (χ4n) is 4.87. The van der Waals surface area contributed by atoms with Crippen LogP contribution in [0.15, 0.2) is 24.3 Å². The lowest BCUT2D eigenvalue weighted by Gasteiger charge is -2.27.